The van der Waals surface area contributed by atoms with Gasteiger partial charge in [0.25, 0.3) is 0 Å². The van der Waals surface area contributed by atoms with Crippen LogP contribution in [-0.4, -0.2) is 10.2 Å². The highest BCUT2D eigenvalue weighted by Gasteiger charge is 2.54. The maximum absolute atomic E-state index is 13.7. The topological polar surface area (TPSA) is 40.5 Å². The molecule has 0 bridgehead atoms. The van der Waals surface area contributed by atoms with E-state index in [0.29, 0.717) is 22.3 Å². The van der Waals surface area contributed by atoms with Gasteiger partial charge in [0.15, 0.2) is 11.2 Å². The standard InChI is InChI=1S/C26H20F2O2/c27-23-15-11-21(12-16-23)25(29,19-7-3-1-4-8-19)26(30,20-9-5-2-6-10-20)22-13-17-24(28)18-14-22/h1-18,29-30H. The molecule has 150 valence electrons. The summed E-state index contributed by atoms with van der Waals surface area (Å²) in [5, 5.41) is 24.5. The minimum absolute atomic E-state index is 0.297. The van der Waals surface area contributed by atoms with Crippen molar-refractivity contribution in [3.05, 3.63) is 143 Å². The quantitative estimate of drug-likeness (QED) is 0.485. The maximum Gasteiger partial charge on any atom is 0.152 e. The van der Waals surface area contributed by atoms with Crippen molar-refractivity contribution in [2.75, 3.05) is 0 Å². The molecule has 0 aromatic heterocycles. The van der Waals surface area contributed by atoms with Gasteiger partial charge in [0.05, 0.1) is 0 Å². The van der Waals surface area contributed by atoms with Crippen molar-refractivity contribution < 1.29 is 19.0 Å². The fourth-order valence-electron chi connectivity index (χ4n) is 3.91. The average Bonchev–Trinajstić information content (AvgIpc) is 2.80. The lowest BCUT2D eigenvalue weighted by atomic mass is 9.66. The van der Waals surface area contributed by atoms with Crippen molar-refractivity contribution in [3.63, 3.8) is 0 Å². The molecule has 0 heterocycles. The molecule has 2 unspecified atom stereocenters. The zero-order valence-electron chi connectivity index (χ0n) is 16.0. The Kier molecular flexibility index (Phi) is 5.20. The average molecular weight is 402 g/mol. The largest absolute Gasteiger partial charge is 0.377 e. The summed E-state index contributed by atoms with van der Waals surface area (Å²) in [4.78, 5) is 0. The van der Waals surface area contributed by atoms with Gasteiger partial charge < -0.3 is 10.2 Å². The molecule has 4 aromatic rings. The predicted molar refractivity (Wildman–Crippen MR) is 112 cm³/mol. The highest BCUT2D eigenvalue weighted by atomic mass is 19.1. The molecule has 0 aliphatic heterocycles. The highest BCUT2D eigenvalue weighted by Crippen LogP contribution is 2.49. The van der Waals surface area contributed by atoms with E-state index in [1.165, 1.54) is 48.5 Å². The molecule has 0 aliphatic rings. The van der Waals surface area contributed by atoms with Crippen LogP contribution in [0, 0.1) is 11.6 Å². The number of aliphatic hydroxyl groups is 2. The van der Waals surface area contributed by atoms with E-state index in [0.717, 1.165) is 0 Å². The first-order valence-corrected chi connectivity index (χ1v) is 9.54. The third-order valence-corrected chi connectivity index (χ3v) is 5.43. The summed E-state index contributed by atoms with van der Waals surface area (Å²) in [6, 6.07) is 28.1. The van der Waals surface area contributed by atoms with Crippen LogP contribution in [0.25, 0.3) is 0 Å². The molecule has 2 nitrogen and oxygen atoms in total. The van der Waals surface area contributed by atoms with E-state index in [-0.39, 0.29) is 0 Å². The number of halogens is 2. The van der Waals surface area contributed by atoms with Crippen LogP contribution in [-0.2, 0) is 11.2 Å². The molecule has 4 heteroatoms. The van der Waals surface area contributed by atoms with E-state index in [4.69, 9.17) is 0 Å². The summed E-state index contributed by atoms with van der Waals surface area (Å²) >= 11 is 0. The van der Waals surface area contributed by atoms with Crippen LogP contribution in [0.1, 0.15) is 22.3 Å². The molecule has 0 spiro atoms. The first-order valence-electron chi connectivity index (χ1n) is 9.54. The minimum Gasteiger partial charge on any atom is -0.377 e. The number of hydrogen-bond donors (Lipinski definition) is 2. The van der Waals surface area contributed by atoms with Crippen LogP contribution in [0.15, 0.2) is 109 Å². The zero-order valence-corrected chi connectivity index (χ0v) is 16.0. The molecular formula is C26H20F2O2. The van der Waals surface area contributed by atoms with Gasteiger partial charge in [0, 0.05) is 0 Å². The Balaban J connectivity index is 2.08. The fraction of sp³-hybridized carbons (Fsp3) is 0.0769. The second-order valence-electron chi connectivity index (χ2n) is 7.17. The summed E-state index contributed by atoms with van der Waals surface area (Å²) in [5.41, 5.74) is -2.58. The zero-order chi connectivity index (χ0) is 21.2. The van der Waals surface area contributed by atoms with Crippen LogP contribution in [0.3, 0.4) is 0 Å². The van der Waals surface area contributed by atoms with Gasteiger partial charge in [0.2, 0.25) is 0 Å². The molecule has 0 fully saturated rings. The van der Waals surface area contributed by atoms with Crippen molar-refractivity contribution in [1.29, 1.82) is 0 Å². The Labute approximate surface area is 173 Å². The monoisotopic (exact) mass is 402 g/mol. The van der Waals surface area contributed by atoms with Gasteiger partial charge in [-0.2, -0.15) is 0 Å². The molecule has 2 N–H and O–H groups in total. The Morgan fingerprint density at radius 2 is 0.667 bits per heavy atom. The normalized spacial score (nSPS) is 15.2. The molecule has 4 rings (SSSR count). The summed E-state index contributed by atoms with van der Waals surface area (Å²) < 4.78 is 27.4. The van der Waals surface area contributed by atoms with E-state index in [1.807, 2.05) is 0 Å². The van der Waals surface area contributed by atoms with E-state index < -0.39 is 22.8 Å². The van der Waals surface area contributed by atoms with Gasteiger partial charge in [-0.05, 0) is 46.5 Å². The smallest absolute Gasteiger partial charge is 0.152 e. The van der Waals surface area contributed by atoms with Gasteiger partial charge in [0.1, 0.15) is 11.6 Å². The van der Waals surface area contributed by atoms with Gasteiger partial charge in [-0.3, -0.25) is 0 Å². The lowest BCUT2D eigenvalue weighted by molar-refractivity contribution is -0.113. The molecule has 2 atom stereocenters. The van der Waals surface area contributed by atoms with Crippen LogP contribution in [0.4, 0.5) is 8.78 Å². The van der Waals surface area contributed by atoms with E-state index in [2.05, 4.69) is 0 Å². The van der Waals surface area contributed by atoms with Crippen molar-refractivity contribution in [2.24, 2.45) is 0 Å². The van der Waals surface area contributed by atoms with E-state index >= 15 is 0 Å². The van der Waals surface area contributed by atoms with E-state index in [9.17, 15) is 19.0 Å². The Bertz CT molecular complexity index is 1020. The second kappa shape index (κ2) is 7.82. The molecular weight excluding hydrogens is 382 g/mol. The van der Waals surface area contributed by atoms with Crippen molar-refractivity contribution in [3.8, 4) is 0 Å². The third kappa shape index (κ3) is 3.20. The second-order valence-corrected chi connectivity index (χ2v) is 7.17. The predicted octanol–water partition coefficient (Wildman–Crippen LogP) is 5.14. The summed E-state index contributed by atoms with van der Waals surface area (Å²) in [5.74, 6) is -0.918. The van der Waals surface area contributed by atoms with Crippen molar-refractivity contribution in [2.45, 2.75) is 11.2 Å². The van der Waals surface area contributed by atoms with Gasteiger partial charge >= 0.3 is 0 Å². The Morgan fingerprint density at radius 1 is 0.400 bits per heavy atom. The molecule has 4 aromatic carbocycles. The Hall–Kier alpha value is -3.34. The van der Waals surface area contributed by atoms with Gasteiger partial charge in [-0.25, -0.2) is 8.78 Å². The van der Waals surface area contributed by atoms with Crippen LogP contribution in [0.5, 0.6) is 0 Å². The maximum atomic E-state index is 13.7. The molecule has 0 saturated heterocycles. The molecule has 0 amide bonds. The lowest BCUT2D eigenvalue weighted by Gasteiger charge is -2.45. The first-order chi connectivity index (χ1) is 14.5. The summed E-state index contributed by atoms with van der Waals surface area (Å²) in [6.45, 7) is 0. The number of hydrogen-bond acceptors (Lipinski definition) is 2. The van der Waals surface area contributed by atoms with Crippen molar-refractivity contribution >= 4 is 0 Å². The highest BCUT2D eigenvalue weighted by molar-refractivity contribution is 5.50. The SMILES string of the molecule is OC(c1ccccc1)(c1ccc(F)cc1)C(O)(c1ccccc1)c1ccc(F)cc1. The third-order valence-electron chi connectivity index (χ3n) is 5.43. The fourth-order valence-corrected chi connectivity index (χ4v) is 3.91. The van der Waals surface area contributed by atoms with E-state index in [1.54, 1.807) is 60.7 Å². The van der Waals surface area contributed by atoms with Crippen molar-refractivity contribution in [1.82, 2.24) is 0 Å². The van der Waals surface area contributed by atoms with Crippen LogP contribution in [0.2, 0.25) is 0 Å². The summed E-state index contributed by atoms with van der Waals surface area (Å²) in [6.07, 6.45) is 0. The minimum atomic E-state index is -2.00. The molecule has 30 heavy (non-hydrogen) atoms. The Morgan fingerprint density at radius 3 is 0.967 bits per heavy atom. The van der Waals surface area contributed by atoms with Gasteiger partial charge in [-0.1, -0.05) is 84.9 Å². The number of rotatable bonds is 5. The molecule has 0 saturated carbocycles. The molecule has 0 aliphatic carbocycles. The van der Waals surface area contributed by atoms with Crippen LogP contribution >= 0.6 is 0 Å². The number of benzene rings is 4. The lowest BCUT2D eigenvalue weighted by Crippen LogP contribution is -2.51. The molecule has 0 radical (unpaired) electrons. The van der Waals surface area contributed by atoms with Crippen LogP contribution < -0.4 is 0 Å². The summed E-state index contributed by atoms with van der Waals surface area (Å²) in [7, 11) is 0. The first kappa shape index (κ1) is 20.0. The van der Waals surface area contributed by atoms with Gasteiger partial charge in [-0.15, -0.1) is 0 Å².